The van der Waals surface area contributed by atoms with Crippen molar-refractivity contribution in [1.82, 2.24) is 5.32 Å². The van der Waals surface area contributed by atoms with Crippen LogP contribution in [0.2, 0.25) is 0 Å². The first kappa shape index (κ1) is 18.7. The third-order valence-corrected chi connectivity index (χ3v) is 4.40. The molecule has 0 radical (unpaired) electrons. The Labute approximate surface area is 154 Å². The van der Waals surface area contributed by atoms with Crippen LogP contribution in [0.5, 0.6) is 11.5 Å². The van der Waals surface area contributed by atoms with E-state index in [1.165, 1.54) is 6.07 Å². The average Bonchev–Trinajstić information content (AvgIpc) is 3.16. The van der Waals surface area contributed by atoms with E-state index in [9.17, 15) is 4.39 Å². The molecule has 4 nitrogen and oxygen atoms in total. The Morgan fingerprint density at radius 1 is 1.12 bits per heavy atom. The number of halogens is 1. The smallest absolute Gasteiger partial charge is 0.166 e. The van der Waals surface area contributed by atoms with Gasteiger partial charge in [-0.3, -0.25) is 0 Å². The fourth-order valence-corrected chi connectivity index (χ4v) is 3.07. The molecule has 0 aliphatic carbocycles. The van der Waals surface area contributed by atoms with E-state index in [0.717, 1.165) is 31.6 Å². The zero-order chi connectivity index (χ0) is 18.2. The highest BCUT2D eigenvalue weighted by atomic mass is 19.1. The van der Waals surface area contributed by atoms with Crippen molar-refractivity contribution in [2.24, 2.45) is 0 Å². The third kappa shape index (κ3) is 4.96. The van der Waals surface area contributed by atoms with Crippen LogP contribution < -0.4 is 14.8 Å². The van der Waals surface area contributed by atoms with Crippen LogP contribution in [0.25, 0.3) is 0 Å². The highest BCUT2D eigenvalue weighted by Gasteiger charge is 2.16. The molecule has 140 valence electrons. The highest BCUT2D eigenvalue weighted by molar-refractivity contribution is 5.46. The average molecular weight is 359 g/mol. The zero-order valence-corrected chi connectivity index (χ0v) is 15.2. The van der Waals surface area contributed by atoms with E-state index >= 15 is 0 Å². The molecule has 1 heterocycles. The molecule has 1 aliphatic rings. The van der Waals surface area contributed by atoms with E-state index in [2.05, 4.69) is 5.32 Å². The molecular formula is C21H26FNO3. The van der Waals surface area contributed by atoms with Gasteiger partial charge in [0, 0.05) is 30.8 Å². The largest absolute Gasteiger partial charge is 0.490 e. The molecule has 2 aromatic rings. The summed E-state index contributed by atoms with van der Waals surface area (Å²) >= 11 is 0. The Hall–Kier alpha value is -2.11. The lowest BCUT2D eigenvalue weighted by molar-refractivity contribution is 0.110. The van der Waals surface area contributed by atoms with Crippen LogP contribution in [0.3, 0.4) is 0 Å². The van der Waals surface area contributed by atoms with Gasteiger partial charge in [-0.25, -0.2) is 4.39 Å². The molecule has 0 unspecified atom stereocenters. The quantitative estimate of drug-likeness (QED) is 0.733. The standard InChI is InChI=1S/C21H26FNO3/c1-2-24-20-11-5-8-16(13-23-14-18-9-6-12-25-18)21(20)26-15-17-7-3-4-10-19(17)22/h3-5,7-8,10-11,18,23H,2,6,9,12-15H2,1H3/t18-/m0/s1. The normalized spacial score (nSPS) is 16.6. The third-order valence-electron chi connectivity index (χ3n) is 4.40. The second kappa shape index (κ2) is 9.55. The summed E-state index contributed by atoms with van der Waals surface area (Å²) in [6, 6.07) is 12.5. The predicted molar refractivity (Wildman–Crippen MR) is 99.0 cm³/mol. The first-order valence-corrected chi connectivity index (χ1v) is 9.21. The fourth-order valence-electron chi connectivity index (χ4n) is 3.07. The number of hydrogen-bond acceptors (Lipinski definition) is 4. The molecular weight excluding hydrogens is 333 g/mol. The summed E-state index contributed by atoms with van der Waals surface area (Å²) in [4.78, 5) is 0. The van der Waals surface area contributed by atoms with Crippen molar-refractivity contribution in [2.75, 3.05) is 19.8 Å². The van der Waals surface area contributed by atoms with Crippen molar-refractivity contribution in [3.05, 3.63) is 59.4 Å². The number of nitrogens with one attached hydrogen (secondary N) is 1. The Morgan fingerprint density at radius 2 is 1.96 bits per heavy atom. The molecule has 1 fully saturated rings. The summed E-state index contributed by atoms with van der Waals surface area (Å²) in [6.45, 7) is 4.95. The Bertz CT molecular complexity index is 701. The predicted octanol–water partition coefficient (Wildman–Crippen LogP) is 4.07. The summed E-state index contributed by atoms with van der Waals surface area (Å²) in [7, 11) is 0. The Morgan fingerprint density at radius 3 is 2.73 bits per heavy atom. The van der Waals surface area contributed by atoms with Gasteiger partial charge in [-0.2, -0.15) is 0 Å². The molecule has 0 saturated carbocycles. The molecule has 1 N–H and O–H groups in total. The summed E-state index contributed by atoms with van der Waals surface area (Å²) in [5.41, 5.74) is 1.52. The van der Waals surface area contributed by atoms with Gasteiger partial charge in [0.05, 0.1) is 12.7 Å². The molecule has 1 saturated heterocycles. The zero-order valence-electron chi connectivity index (χ0n) is 15.2. The van der Waals surface area contributed by atoms with E-state index in [0.29, 0.717) is 30.2 Å². The highest BCUT2D eigenvalue weighted by Crippen LogP contribution is 2.32. The van der Waals surface area contributed by atoms with Gasteiger partial charge in [-0.1, -0.05) is 30.3 Å². The van der Waals surface area contributed by atoms with E-state index in [-0.39, 0.29) is 18.5 Å². The van der Waals surface area contributed by atoms with E-state index in [1.54, 1.807) is 18.2 Å². The first-order chi connectivity index (χ1) is 12.8. The van der Waals surface area contributed by atoms with Crippen LogP contribution in [0.15, 0.2) is 42.5 Å². The molecule has 0 bridgehead atoms. The van der Waals surface area contributed by atoms with Crippen LogP contribution in [0, 0.1) is 5.82 Å². The van der Waals surface area contributed by atoms with Gasteiger partial charge in [0.25, 0.3) is 0 Å². The minimum absolute atomic E-state index is 0.162. The van der Waals surface area contributed by atoms with Gasteiger partial charge in [-0.15, -0.1) is 0 Å². The molecule has 1 aliphatic heterocycles. The molecule has 0 spiro atoms. The second-order valence-electron chi connectivity index (χ2n) is 6.32. The van der Waals surface area contributed by atoms with Crippen molar-refractivity contribution < 1.29 is 18.6 Å². The van der Waals surface area contributed by atoms with Crippen molar-refractivity contribution >= 4 is 0 Å². The van der Waals surface area contributed by atoms with E-state index in [4.69, 9.17) is 14.2 Å². The maximum absolute atomic E-state index is 13.9. The van der Waals surface area contributed by atoms with Crippen molar-refractivity contribution in [3.8, 4) is 11.5 Å². The lowest BCUT2D eigenvalue weighted by Crippen LogP contribution is -2.26. The number of ether oxygens (including phenoxy) is 3. The van der Waals surface area contributed by atoms with Gasteiger partial charge >= 0.3 is 0 Å². The minimum atomic E-state index is -0.264. The van der Waals surface area contributed by atoms with Gasteiger partial charge in [0.1, 0.15) is 12.4 Å². The van der Waals surface area contributed by atoms with E-state index < -0.39 is 0 Å². The summed E-state index contributed by atoms with van der Waals surface area (Å²) in [6.07, 6.45) is 2.51. The number of para-hydroxylation sites is 1. The molecule has 5 heteroatoms. The minimum Gasteiger partial charge on any atom is -0.490 e. The molecule has 26 heavy (non-hydrogen) atoms. The lowest BCUT2D eigenvalue weighted by Gasteiger charge is -2.17. The Balaban J connectivity index is 1.68. The SMILES string of the molecule is CCOc1cccc(CNC[C@@H]2CCCO2)c1OCc1ccccc1F. The van der Waals surface area contributed by atoms with Crippen molar-refractivity contribution in [2.45, 2.75) is 39.0 Å². The molecule has 1 atom stereocenters. The molecule has 0 amide bonds. The first-order valence-electron chi connectivity index (χ1n) is 9.21. The number of benzene rings is 2. The topological polar surface area (TPSA) is 39.7 Å². The van der Waals surface area contributed by atoms with Crippen LogP contribution >= 0.6 is 0 Å². The van der Waals surface area contributed by atoms with Crippen molar-refractivity contribution in [3.63, 3.8) is 0 Å². The van der Waals surface area contributed by atoms with Crippen LogP contribution in [0.1, 0.15) is 30.9 Å². The monoisotopic (exact) mass is 359 g/mol. The molecule has 0 aromatic heterocycles. The van der Waals surface area contributed by atoms with Crippen molar-refractivity contribution in [1.29, 1.82) is 0 Å². The van der Waals surface area contributed by atoms with Crippen LogP contribution in [0.4, 0.5) is 4.39 Å². The van der Waals surface area contributed by atoms with Gasteiger partial charge in [0.2, 0.25) is 0 Å². The fraction of sp³-hybridized carbons (Fsp3) is 0.429. The lowest BCUT2D eigenvalue weighted by atomic mass is 10.1. The number of hydrogen-bond donors (Lipinski definition) is 1. The van der Waals surface area contributed by atoms with E-state index in [1.807, 2.05) is 25.1 Å². The molecule has 2 aromatic carbocycles. The van der Waals surface area contributed by atoms with Crippen LogP contribution in [-0.2, 0) is 17.9 Å². The van der Waals surface area contributed by atoms with Gasteiger partial charge in [0.15, 0.2) is 11.5 Å². The summed E-state index contributed by atoms with van der Waals surface area (Å²) in [5, 5.41) is 3.43. The van der Waals surface area contributed by atoms with Crippen LogP contribution in [-0.4, -0.2) is 25.9 Å². The Kier molecular flexibility index (Phi) is 6.86. The van der Waals surface area contributed by atoms with Gasteiger partial charge in [-0.05, 0) is 31.9 Å². The second-order valence-corrected chi connectivity index (χ2v) is 6.32. The summed E-state index contributed by atoms with van der Waals surface area (Å²) in [5.74, 6) is 1.08. The molecule has 3 rings (SSSR count). The maximum Gasteiger partial charge on any atom is 0.166 e. The summed E-state index contributed by atoms with van der Waals surface area (Å²) < 4.78 is 31.2. The van der Waals surface area contributed by atoms with Gasteiger partial charge < -0.3 is 19.5 Å². The maximum atomic E-state index is 13.9. The number of rotatable bonds is 9.